The Morgan fingerprint density at radius 1 is 1.00 bits per heavy atom. The van der Waals surface area contributed by atoms with Crippen LogP contribution in [-0.4, -0.2) is 58.7 Å². The molecule has 214 valence electrons. The highest BCUT2D eigenvalue weighted by Gasteiger charge is 2.39. The van der Waals surface area contributed by atoms with Gasteiger partial charge in [-0.05, 0) is 66.9 Å². The number of carbonyl (C=O) groups is 1. The fourth-order valence-corrected chi connectivity index (χ4v) is 7.46. The number of ether oxygens (including phenoxy) is 3. The van der Waals surface area contributed by atoms with Crippen LogP contribution in [0.4, 0.5) is 0 Å². The number of hydrogen-bond donors (Lipinski definition) is 3. The van der Waals surface area contributed by atoms with Gasteiger partial charge in [0.25, 0.3) is 5.91 Å². The number of rotatable bonds is 11. The number of methoxy groups -OCH3 is 1. The standard InChI is InChI=1S/C26H29N3O9S2/c1-17-11-20(36-3)12-18(2)25(17)40(34,35)29(15-19-9-10-23-24(13-19)38-16-37-23)22(26(30)28-31)14-27-39(32,33)21-7-5-4-6-8-21/h4-13,22,27,31H,14-16H2,1-3H3,(H,28,30)/t22-/m1/s1. The van der Waals surface area contributed by atoms with E-state index in [1.54, 1.807) is 38.1 Å². The van der Waals surface area contributed by atoms with Crippen molar-refractivity contribution in [3.63, 3.8) is 0 Å². The van der Waals surface area contributed by atoms with E-state index in [1.165, 1.54) is 49.0 Å². The largest absolute Gasteiger partial charge is 0.497 e. The smallest absolute Gasteiger partial charge is 0.263 e. The molecular weight excluding hydrogens is 562 g/mol. The van der Waals surface area contributed by atoms with E-state index in [0.29, 0.717) is 33.9 Å². The number of carbonyl (C=O) groups excluding carboxylic acids is 1. The lowest BCUT2D eigenvalue weighted by atomic mass is 10.1. The highest BCUT2D eigenvalue weighted by molar-refractivity contribution is 7.89. The number of sulfonamides is 2. The summed E-state index contributed by atoms with van der Waals surface area (Å²) in [5, 5.41) is 9.56. The molecule has 1 aliphatic heterocycles. The van der Waals surface area contributed by atoms with Gasteiger partial charge in [0.2, 0.25) is 26.8 Å². The number of amides is 1. The minimum Gasteiger partial charge on any atom is -0.497 e. The van der Waals surface area contributed by atoms with Crippen LogP contribution >= 0.6 is 0 Å². The molecule has 14 heteroatoms. The Bertz CT molecular complexity index is 1590. The van der Waals surface area contributed by atoms with Crippen LogP contribution in [0.2, 0.25) is 0 Å². The van der Waals surface area contributed by atoms with Gasteiger partial charge in [-0.3, -0.25) is 10.0 Å². The lowest BCUT2D eigenvalue weighted by Crippen LogP contribution is -2.54. The lowest BCUT2D eigenvalue weighted by Gasteiger charge is -2.31. The van der Waals surface area contributed by atoms with Gasteiger partial charge in [0.15, 0.2) is 11.5 Å². The van der Waals surface area contributed by atoms with E-state index in [9.17, 15) is 26.8 Å². The molecule has 0 spiro atoms. The molecule has 0 aromatic heterocycles. The maximum absolute atomic E-state index is 14.3. The minimum atomic E-state index is -4.49. The van der Waals surface area contributed by atoms with Crippen molar-refractivity contribution in [2.45, 2.75) is 36.2 Å². The van der Waals surface area contributed by atoms with Gasteiger partial charge < -0.3 is 14.2 Å². The van der Waals surface area contributed by atoms with Crippen LogP contribution < -0.4 is 24.4 Å². The van der Waals surface area contributed by atoms with Crippen LogP contribution in [0.15, 0.2) is 70.5 Å². The zero-order chi connectivity index (χ0) is 29.1. The van der Waals surface area contributed by atoms with Crippen LogP contribution in [0.5, 0.6) is 17.2 Å². The predicted octanol–water partition coefficient (Wildman–Crippen LogP) is 2.08. The van der Waals surface area contributed by atoms with Gasteiger partial charge in [-0.25, -0.2) is 27.0 Å². The van der Waals surface area contributed by atoms with E-state index in [4.69, 9.17) is 14.2 Å². The van der Waals surface area contributed by atoms with Crippen LogP contribution in [0.3, 0.4) is 0 Å². The van der Waals surface area contributed by atoms with E-state index < -0.39 is 38.5 Å². The Balaban J connectivity index is 1.80. The molecule has 1 atom stereocenters. The third-order valence-corrected chi connectivity index (χ3v) is 9.89. The zero-order valence-corrected chi connectivity index (χ0v) is 23.6. The van der Waals surface area contributed by atoms with Crippen molar-refractivity contribution >= 4 is 26.0 Å². The summed E-state index contributed by atoms with van der Waals surface area (Å²) < 4.78 is 73.5. The number of hydrogen-bond acceptors (Lipinski definition) is 9. The summed E-state index contributed by atoms with van der Waals surface area (Å²) in [6.45, 7) is 2.12. The second-order valence-corrected chi connectivity index (χ2v) is 12.6. The van der Waals surface area contributed by atoms with E-state index in [0.717, 1.165) is 4.31 Å². The molecule has 1 aliphatic rings. The second-order valence-electron chi connectivity index (χ2n) is 8.98. The summed E-state index contributed by atoms with van der Waals surface area (Å²) in [7, 11) is -7.17. The first-order valence-corrected chi connectivity index (χ1v) is 14.9. The molecule has 3 N–H and O–H groups in total. The summed E-state index contributed by atoms with van der Waals surface area (Å²) in [4.78, 5) is 12.8. The van der Waals surface area contributed by atoms with E-state index in [1.807, 2.05) is 0 Å². The molecule has 40 heavy (non-hydrogen) atoms. The first kappa shape index (κ1) is 29.3. The monoisotopic (exact) mass is 591 g/mol. The average Bonchev–Trinajstić information content (AvgIpc) is 3.40. The van der Waals surface area contributed by atoms with Crippen molar-refractivity contribution in [1.29, 1.82) is 0 Å². The predicted molar refractivity (Wildman–Crippen MR) is 143 cm³/mol. The van der Waals surface area contributed by atoms with Crippen molar-refractivity contribution in [2.24, 2.45) is 0 Å². The van der Waals surface area contributed by atoms with Gasteiger partial charge in [-0.15, -0.1) is 0 Å². The summed E-state index contributed by atoms with van der Waals surface area (Å²) in [6.07, 6.45) is 0. The van der Waals surface area contributed by atoms with Gasteiger partial charge in [-0.1, -0.05) is 24.3 Å². The van der Waals surface area contributed by atoms with Crippen LogP contribution in [-0.2, 0) is 31.4 Å². The number of aryl methyl sites for hydroxylation is 2. The first-order chi connectivity index (χ1) is 19.0. The third kappa shape index (κ3) is 6.05. The molecule has 0 saturated carbocycles. The molecular formula is C26H29N3O9S2. The van der Waals surface area contributed by atoms with Crippen molar-refractivity contribution in [2.75, 3.05) is 20.4 Å². The molecule has 0 radical (unpaired) electrons. The Hall–Kier alpha value is -3.69. The van der Waals surface area contributed by atoms with Crippen LogP contribution in [0, 0.1) is 13.8 Å². The minimum absolute atomic E-state index is 0.00183. The Labute approximate surface area is 232 Å². The first-order valence-electron chi connectivity index (χ1n) is 12.0. The fourth-order valence-electron chi connectivity index (χ4n) is 4.41. The Morgan fingerprint density at radius 3 is 2.27 bits per heavy atom. The molecule has 3 aromatic carbocycles. The highest BCUT2D eigenvalue weighted by Crippen LogP contribution is 2.35. The normalized spacial score (nSPS) is 13.7. The van der Waals surface area contributed by atoms with Crippen molar-refractivity contribution in [3.8, 4) is 17.2 Å². The SMILES string of the molecule is COc1cc(C)c(S(=O)(=O)N(Cc2ccc3c(c2)OCO3)[C@H](CNS(=O)(=O)c2ccccc2)C(=O)NO)c(C)c1. The lowest BCUT2D eigenvalue weighted by molar-refractivity contribution is -0.133. The highest BCUT2D eigenvalue weighted by atomic mass is 32.2. The van der Waals surface area contributed by atoms with Gasteiger partial charge in [0, 0.05) is 13.1 Å². The molecule has 3 aromatic rings. The number of fused-ring (bicyclic) bond motifs is 1. The van der Waals surface area contributed by atoms with E-state index in [-0.39, 0.29) is 23.1 Å². The van der Waals surface area contributed by atoms with Crippen LogP contribution in [0.25, 0.3) is 0 Å². The molecule has 12 nitrogen and oxygen atoms in total. The van der Waals surface area contributed by atoms with Crippen LogP contribution in [0.1, 0.15) is 16.7 Å². The van der Waals surface area contributed by atoms with Gasteiger partial charge in [0.05, 0.1) is 16.9 Å². The molecule has 0 unspecified atom stereocenters. The number of nitrogens with zero attached hydrogens (tertiary/aromatic N) is 1. The molecule has 0 fully saturated rings. The maximum atomic E-state index is 14.3. The molecule has 0 aliphatic carbocycles. The fraction of sp³-hybridized carbons (Fsp3) is 0.269. The summed E-state index contributed by atoms with van der Waals surface area (Å²) in [6, 6.07) is 13.6. The summed E-state index contributed by atoms with van der Waals surface area (Å²) in [5.41, 5.74) is 2.60. The molecule has 1 heterocycles. The topological polar surface area (TPSA) is 161 Å². The number of benzene rings is 3. The third-order valence-electron chi connectivity index (χ3n) is 6.29. The molecule has 4 rings (SSSR count). The number of nitrogens with one attached hydrogen (secondary N) is 2. The summed E-state index contributed by atoms with van der Waals surface area (Å²) in [5.74, 6) is 0.167. The van der Waals surface area contributed by atoms with E-state index >= 15 is 0 Å². The maximum Gasteiger partial charge on any atom is 0.263 e. The van der Waals surface area contributed by atoms with Gasteiger partial charge >= 0.3 is 0 Å². The molecule has 0 bridgehead atoms. The van der Waals surface area contributed by atoms with Crippen molar-refractivity contribution < 1.29 is 41.0 Å². The quantitative estimate of drug-likeness (QED) is 0.224. The van der Waals surface area contributed by atoms with E-state index in [2.05, 4.69) is 4.72 Å². The zero-order valence-electron chi connectivity index (χ0n) is 21.9. The van der Waals surface area contributed by atoms with Gasteiger partial charge in [0.1, 0.15) is 11.8 Å². The Kier molecular flexibility index (Phi) is 8.65. The summed E-state index contributed by atoms with van der Waals surface area (Å²) >= 11 is 0. The molecule has 0 saturated heterocycles. The van der Waals surface area contributed by atoms with Crippen molar-refractivity contribution in [3.05, 3.63) is 77.4 Å². The average molecular weight is 592 g/mol. The van der Waals surface area contributed by atoms with Crippen molar-refractivity contribution in [1.82, 2.24) is 14.5 Å². The number of hydroxylamine groups is 1. The van der Waals surface area contributed by atoms with Gasteiger partial charge in [-0.2, -0.15) is 4.31 Å². The molecule has 1 amide bonds. The second kappa shape index (κ2) is 11.8. The Morgan fingerprint density at radius 2 is 1.65 bits per heavy atom.